The van der Waals surface area contributed by atoms with Crippen LogP contribution in [0.5, 0.6) is 5.75 Å². The molecule has 0 spiro atoms. The van der Waals surface area contributed by atoms with Crippen molar-refractivity contribution in [2.45, 2.75) is 13.8 Å². The van der Waals surface area contributed by atoms with Crippen molar-refractivity contribution in [3.63, 3.8) is 0 Å². The summed E-state index contributed by atoms with van der Waals surface area (Å²) in [6.07, 6.45) is 0. The fraction of sp³-hybridized carbons (Fsp3) is 0.200. The first-order chi connectivity index (χ1) is 10.1. The smallest absolute Gasteiger partial charge is 0.225 e. The molecule has 3 aromatic rings. The van der Waals surface area contributed by atoms with Gasteiger partial charge in [0, 0.05) is 10.4 Å². The van der Waals surface area contributed by atoms with Gasteiger partial charge >= 0.3 is 0 Å². The number of ether oxygens (including phenoxy) is 1. The zero-order valence-corrected chi connectivity index (χ0v) is 13.3. The van der Waals surface area contributed by atoms with Crippen molar-refractivity contribution in [2.75, 3.05) is 12.3 Å². The van der Waals surface area contributed by atoms with Crippen molar-refractivity contribution >= 4 is 39.0 Å². The van der Waals surface area contributed by atoms with Crippen LogP contribution in [-0.4, -0.2) is 16.6 Å². The van der Waals surface area contributed by atoms with E-state index < -0.39 is 0 Å². The van der Waals surface area contributed by atoms with Gasteiger partial charge in [-0.2, -0.15) is 0 Å². The van der Waals surface area contributed by atoms with Crippen molar-refractivity contribution in [3.05, 3.63) is 34.4 Å². The zero-order chi connectivity index (χ0) is 15.0. The van der Waals surface area contributed by atoms with Crippen LogP contribution in [0.25, 0.3) is 21.3 Å². The summed E-state index contributed by atoms with van der Waals surface area (Å²) in [5.74, 6) is 1.27. The van der Waals surface area contributed by atoms with Crippen molar-refractivity contribution < 1.29 is 4.74 Å². The number of nitrogens with zero attached hydrogens (tertiary/aromatic N) is 2. The van der Waals surface area contributed by atoms with Crippen LogP contribution in [0, 0.1) is 6.92 Å². The number of benzene rings is 1. The Morgan fingerprint density at radius 2 is 1.95 bits per heavy atom. The predicted molar refractivity (Wildman–Crippen MR) is 88.2 cm³/mol. The molecule has 0 saturated heterocycles. The Bertz CT molecular complexity index is 799. The molecule has 3 rings (SSSR count). The average molecular weight is 320 g/mol. The maximum atomic E-state index is 6.03. The van der Waals surface area contributed by atoms with Crippen LogP contribution < -0.4 is 10.5 Å². The third-order valence-corrected chi connectivity index (χ3v) is 4.35. The molecular formula is C15H14ClN3OS. The largest absolute Gasteiger partial charge is 0.494 e. The fourth-order valence-corrected chi connectivity index (χ4v) is 3.62. The third-order valence-electron chi connectivity index (χ3n) is 3.18. The molecule has 0 amide bonds. The lowest BCUT2D eigenvalue weighted by molar-refractivity contribution is 0.340. The minimum atomic E-state index is 0.180. The number of halogens is 1. The molecule has 2 aromatic heterocycles. The van der Waals surface area contributed by atoms with Crippen molar-refractivity contribution in [1.82, 2.24) is 9.97 Å². The molecule has 108 valence electrons. The Hall–Kier alpha value is -1.85. The van der Waals surface area contributed by atoms with Crippen LogP contribution in [0.2, 0.25) is 5.28 Å². The van der Waals surface area contributed by atoms with E-state index in [1.165, 1.54) is 0 Å². The summed E-state index contributed by atoms with van der Waals surface area (Å²) in [6, 6.07) is 7.95. The zero-order valence-electron chi connectivity index (χ0n) is 11.7. The van der Waals surface area contributed by atoms with Gasteiger partial charge in [0.1, 0.15) is 16.4 Å². The maximum absolute atomic E-state index is 6.03. The quantitative estimate of drug-likeness (QED) is 0.731. The topological polar surface area (TPSA) is 61.0 Å². The normalized spacial score (nSPS) is 11.0. The first kappa shape index (κ1) is 14.1. The molecule has 2 heterocycles. The second kappa shape index (κ2) is 5.50. The van der Waals surface area contributed by atoms with Gasteiger partial charge in [-0.15, -0.1) is 11.3 Å². The minimum absolute atomic E-state index is 0.180. The van der Waals surface area contributed by atoms with Gasteiger partial charge in [0.15, 0.2) is 0 Å². The molecule has 0 bridgehead atoms. The number of thiophene rings is 1. The molecule has 0 aliphatic carbocycles. The van der Waals surface area contributed by atoms with Crippen LogP contribution in [0.15, 0.2) is 24.3 Å². The number of aromatic nitrogens is 2. The predicted octanol–water partition coefficient (Wildman–Crippen LogP) is 4.30. The number of hydrogen-bond donors (Lipinski definition) is 1. The lowest BCUT2D eigenvalue weighted by atomic mass is 10.0. The van der Waals surface area contributed by atoms with Gasteiger partial charge in [0.2, 0.25) is 5.28 Å². The van der Waals surface area contributed by atoms with E-state index in [1.807, 2.05) is 38.1 Å². The highest BCUT2D eigenvalue weighted by Crippen LogP contribution is 2.40. The van der Waals surface area contributed by atoms with E-state index in [9.17, 15) is 0 Å². The van der Waals surface area contributed by atoms with Crippen LogP contribution >= 0.6 is 22.9 Å². The number of aryl methyl sites for hydroxylation is 1. The fourth-order valence-electron chi connectivity index (χ4n) is 2.34. The van der Waals surface area contributed by atoms with E-state index in [0.717, 1.165) is 32.0 Å². The molecule has 1 aromatic carbocycles. The van der Waals surface area contributed by atoms with Crippen LogP contribution in [0.4, 0.5) is 5.82 Å². The van der Waals surface area contributed by atoms with E-state index in [4.69, 9.17) is 22.1 Å². The Kier molecular flexibility index (Phi) is 3.69. The maximum Gasteiger partial charge on any atom is 0.225 e. The molecule has 0 atom stereocenters. The van der Waals surface area contributed by atoms with E-state index in [1.54, 1.807) is 11.3 Å². The van der Waals surface area contributed by atoms with Crippen LogP contribution in [-0.2, 0) is 0 Å². The molecule has 2 N–H and O–H groups in total. The lowest BCUT2D eigenvalue weighted by Crippen LogP contribution is -1.94. The highest BCUT2D eigenvalue weighted by molar-refractivity contribution is 7.19. The van der Waals surface area contributed by atoms with Gasteiger partial charge in [0.05, 0.1) is 12.0 Å². The molecule has 6 heteroatoms. The van der Waals surface area contributed by atoms with Gasteiger partial charge < -0.3 is 10.5 Å². The van der Waals surface area contributed by atoms with Crippen molar-refractivity contribution in [2.24, 2.45) is 0 Å². The van der Waals surface area contributed by atoms with Crippen LogP contribution in [0.3, 0.4) is 0 Å². The first-order valence-electron chi connectivity index (χ1n) is 6.55. The molecule has 0 aliphatic rings. The monoisotopic (exact) mass is 319 g/mol. The molecule has 0 radical (unpaired) electrons. The van der Waals surface area contributed by atoms with Gasteiger partial charge in [-0.1, -0.05) is 12.1 Å². The SMILES string of the molecule is CCOc1ccc(-c2c(C)sc3nc(Cl)nc(N)c23)cc1. The standard InChI is InChI=1S/C15H14ClN3OS/c1-3-20-10-6-4-9(5-7-10)11-8(2)21-14-12(11)13(17)18-15(16)19-14/h4-7H,3H2,1-2H3,(H2,17,18,19). The number of rotatable bonds is 3. The van der Waals surface area contributed by atoms with E-state index >= 15 is 0 Å². The van der Waals surface area contributed by atoms with Gasteiger partial charge in [0.25, 0.3) is 0 Å². The third kappa shape index (κ3) is 2.54. The van der Waals surface area contributed by atoms with E-state index in [-0.39, 0.29) is 5.28 Å². The molecule has 21 heavy (non-hydrogen) atoms. The number of nitrogen functional groups attached to an aromatic ring is 1. The molecule has 0 saturated carbocycles. The van der Waals surface area contributed by atoms with E-state index in [0.29, 0.717) is 12.4 Å². The first-order valence-corrected chi connectivity index (χ1v) is 7.75. The molecule has 0 aliphatic heterocycles. The summed E-state index contributed by atoms with van der Waals surface area (Å²) in [5, 5.41) is 1.05. The molecule has 0 unspecified atom stereocenters. The number of nitrogens with two attached hydrogens (primary N) is 1. The highest BCUT2D eigenvalue weighted by atomic mass is 35.5. The second-order valence-electron chi connectivity index (χ2n) is 4.55. The van der Waals surface area contributed by atoms with Crippen LogP contribution in [0.1, 0.15) is 11.8 Å². The summed E-state index contributed by atoms with van der Waals surface area (Å²) in [6.45, 7) is 4.66. The Balaban J connectivity index is 2.17. The summed E-state index contributed by atoms with van der Waals surface area (Å²) >= 11 is 7.44. The van der Waals surface area contributed by atoms with Gasteiger partial charge in [-0.25, -0.2) is 9.97 Å². The van der Waals surface area contributed by atoms with E-state index in [2.05, 4.69) is 9.97 Å². The molecule has 0 fully saturated rings. The highest BCUT2D eigenvalue weighted by Gasteiger charge is 2.16. The Morgan fingerprint density at radius 1 is 1.24 bits per heavy atom. The summed E-state index contributed by atoms with van der Waals surface area (Å²) in [4.78, 5) is 10.3. The minimum Gasteiger partial charge on any atom is -0.494 e. The molecular weight excluding hydrogens is 306 g/mol. The van der Waals surface area contributed by atoms with Gasteiger partial charge in [-0.3, -0.25) is 0 Å². The van der Waals surface area contributed by atoms with Gasteiger partial charge in [-0.05, 0) is 43.1 Å². The Labute approximate surface area is 131 Å². The summed E-state index contributed by atoms with van der Waals surface area (Å²) in [7, 11) is 0. The number of anilines is 1. The summed E-state index contributed by atoms with van der Waals surface area (Å²) < 4.78 is 5.47. The number of hydrogen-bond acceptors (Lipinski definition) is 5. The van der Waals surface area contributed by atoms with Crippen molar-refractivity contribution in [1.29, 1.82) is 0 Å². The number of fused-ring (bicyclic) bond motifs is 1. The van der Waals surface area contributed by atoms with Crippen molar-refractivity contribution in [3.8, 4) is 16.9 Å². The Morgan fingerprint density at radius 3 is 2.62 bits per heavy atom. The lowest BCUT2D eigenvalue weighted by Gasteiger charge is -2.06. The summed E-state index contributed by atoms with van der Waals surface area (Å²) in [5.41, 5.74) is 8.16. The molecule has 4 nitrogen and oxygen atoms in total. The second-order valence-corrected chi connectivity index (χ2v) is 6.09. The average Bonchev–Trinajstić information content (AvgIpc) is 2.76.